The molecule has 1 aromatic carbocycles. The van der Waals surface area contributed by atoms with Gasteiger partial charge >= 0.3 is 0 Å². The maximum atomic E-state index is 9.12. The summed E-state index contributed by atoms with van der Waals surface area (Å²) in [5.41, 5.74) is 1.32. The third kappa shape index (κ3) is 4.05. The molecule has 2 rings (SSSR count). The van der Waals surface area contributed by atoms with Gasteiger partial charge in [-0.2, -0.15) is 0 Å². The number of benzene rings is 1. The Labute approximate surface area is 119 Å². The minimum absolute atomic E-state index is 0.0635. The predicted octanol–water partition coefficient (Wildman–Crippen LogP) is 3.71. The summed E-state index contributed by atoms with van der Waals surface area (Å²) in [4.78, 5) is 0. The second kappa shape index (κ2) is 6.53. The molecule has 0 saturated heterocycles. The van der Waals surface area contributed by atoms with E-state index < -0.39 is 8.07 Å². The standard InChI is InChI=1S/C17H26OSi/c1-19(2,17-9-4-3-5-10-17)14-16-8-6-7-15(13-16)11-12-18/h3-5,8-10,15,18H,6-7,11-14H2,1-2H3/t15-/m0/s1/i14D/t14-,15-. The molecule has 0 spiro atoms. The molecular weight excluding hydrogens is 248 g/mol. The van der Waals surface area contributed by atoms with Gasteiger partial charge in [0.05, 0.1) is 8.07 Å². The van der Waals surface area contributed by atoms with Gasteiger partial charge in [0.25, 0.3) is 0 Å². The van der Waals surface area contributed by atoms with E-state index in [0.29, 0.717) is 5.92 Å². The summed E-state index contributed by atoms with van der Waals surface area (Å²) in [7, 11) is -1.79. The molecule has 0 aromatic heterocycles. The predicted molar refractivity (Wildman–Crippen MR) is 85.5 cm³/mol. The summed E-state index contributed by atoms with van der Waals surface area (Å²) >= 11 is 0. The van der Waals surface area contributed by atoms with Gasteiger partial charge in [0.2, 0.25) is 0 Å². The lowest BCUT2D eigenvalue weighted by atomic mass is 9.87. The fourth-order valence-electron chi connectivity index (χ4n) is 2.98. The summed E-state index contributed by atoms with van der Waals surface area (Å²) in [6, 6.07) is 10.5. The highest BCUT2D eigenvalue weighted by Crippen LogP contribution is 2.31. The van der Waals surface area contributed by atoms with Gasteiger partial charge < -0.3 is 5.11 Å². The molecule has 0 aliphatic heterocycles. The topological polar surface area (TPSA) is 20.2 Å². The van der Waals surface area contributed by atoms with Gasteiger partial charge in [-0.1, -0.05) is 60.3 Å². The molecule has 0 fully saturated rings. The third-order valence-electron chi connectivity index (χ3n) is 4.11. The van der Waals surface area contributed by atoms with E-state index in [0.717, 1.165) is 19.3 Å². The molecule has 0 amide bonds. The Hall–Kier alpha value is -0.863. The van der Waals surface area contributed by atoms with E-state index in [9.17, 15) is 0 Å². The van der Waals surface area contributed by atoms with Crippen LogP contribution in [0, 0.1) is 5.92 Å². The summed E-state index contributed by atoms with van der Waals surface area (Å²) in [5, 5.41) is 10.5. The zero-order chi connectivity index (χ0) is 14.6. The minimum atomic E-state index is -1.79. The van der Waals surface area contributed by atoms with Crippen molar-refractivity contribution >= 4 is 13.3 Å². The molecule has 1 aliphatic carbocycles. The highest BCUT2D eigenvalue weighted by atomic mass is 28.3. The van der Waals surface area contributed by atoms with E-state index in [1.54, 1.807) is 0 Å². The Balaban J connectivity index is 2.14. The number of hydrogen-bond donors (Lipinski definition) is 1. The van der Waals surface area contributed by atoms with E-state index in [2.05, 4.69) is 43.4 Å². The van der Waals surface area contributed by atoms with Crippen molar-refractivity contribution in [2.75, 3.05) is 6.61 Å². The van der Waals surface area contributed by atoms with Crippen LogP contribution in [0.3, 0.4) is 0 Å². The molecule has 1 nitrogen and oxygen atoms in total. The summed E-state index contributed by atoms with van der Waals surface area (Å²) < 4.78 is 8.76. The first-order valence-corrected chi connectivity index (χ1v) is 10.4. The van der Waals surface area contributed by atoms with Crippen LogP contribution in [0.15, 0.2) is 42.0 Å². The molecule has 0 saturated carbocycles. The molecule has 1 N–H and O–H groups in total. The Morgan fingerprint density at radius 3 is 2.74 bits per heavy atom. The number of hydrogen-bond acceptors (Lipinski definition) is 1. The van der Waals surface area contributed by atoms with Gasteiger partial charge in [-0.05, 0) is 37.6 Å². The molecular formula is C17H26OSi. The zero-order valence-corrected chi connectivity index (χ0v) is 13.1. The number of allylic oxidation sites excluding steroid dienone is 2. The number of rotatable bonds is 5. The first kappa shape index (κ1) is 13.1. The molecule has 0 radical (unpaired) electrons. The number of aliphatic hydroxyl groups excluding tert-OH is 1. The van der Waals surface area contributed by atoms with Crippen LogP contribution in [0.2, 0.25) is 19.1 Å². The van der Waals surface area contributed by atoms with Crippen LogP contribution in [0.5, 0.6) is 0 Å². The van der Waals surface area contributed by atoms with Crippen molar-refractivity contribution in [1.29, 1.82) is 0 Å². The Bertz CT molecular complexity index is 455. The molecule has 104 valence electrons. The fourth-order valence-corrected chi connectivity index (χ4v) is 5.37. The SMILES string of the molecule is [2H][C@@H](C1=CCC[C@@H](CCO)C1)[Si](C)(C)c1ccccc1. The van der Waals surface area contributed by atoms with E-state index >= 15 is 0 Å². The lowest BCUT2D eigenvalue weighted by molar-refractivity contribution is 0.249. The van der Waals surface area contributed by atoms with Crippen molar-refractivity contribution < 1.29 is 6.48 Å². The van der Waals surface area contributed by atoms with Crippen LogP contribution in [-0.2, 0) is 0 Å². The van der Waals surface area contributed by atoms with Crippen molar-refractivity contribution in [2.24, 2.45) is 5.92 Å². The lowest BCUT2D eigenvalue weighted by Crippen LogP contribution is -2.41. The van der Waals surface area contributed by atoms with Gasteiger partial charge in [-0.15, -0.1) is 0 Å². The van der Waals surface area contributed by atoms with E-state index in [1.165, 1.54) is 17.2 Å². The normalized spacial score (nSPS) is 22.6. The Morgan fingerprint density at radius 2 is 2.05 bits per heavy atom. The lowest BCUT2D eigenvalue weighted by Gasteiger charge is -2.29. The van der Waals surface area contributed by atoms with Gasteiger partial charge in [-0.3, -0.25) is 0 Å². The van der Waals surface area contributed by atoms with Gasteiger partial charge in [-0.25, -0.2) is 0 Å². The average Bonchev–Trinajstić information content (AvgIpc) is 2.48. The van der Waals surface area contributed by atoms with Gasteiger partial charge in [0, 0.05) is 7.98 Å². The smallest absolute Gasteiger partial charge is 0.0845 e. The van der Waals surface area contributed by atoms with Crippen molar-refractivity contribution in [3.05, 3.63) is 42.0 Å². The van der Waals surface area contributed by atoms with Crippen LogP contribution < -0.4 is 5.19 Å². The van der Waals surface area contributed by atoms with Crippen LogP contribution >= 0.6 is 0 Å². The largest absolute Gasteiger partial charge is 0.396 e. The molecule has 0 bridgehead atoms. The van der Waals surface area contributed by atoms with Crippen molar-refractivity contribution in [1.82, 2.24) is 0 Å². The van der Waals surface area contributed by atoms with Crippen molar-refractivity contribution in [3.63, 3.8) is 0 Å². The second-order valence-electron chi connectivity index (χ2n) is 6.17. The summed E-state index contributed by atoms with van der Waals surface area (Å²) in [6.45, 7) is 4.88. The first-order chi connectivity index (χ1) is 9.55. The summed E-state index contributed by atoms with van der Waals surface area (Å²) in [5.74, 6) is 0.577. The average molecular weight is 275 g/mol. The molecule has 2 heteroatoms. The van der Waals surface area contributed by atoms with Crippen LogP contribution in [0.1, 0.15) is 27.1 Å². The van der Waals surface area contributed by atoms with E-state index in [1.807, 2.05) is 6.07 Å². The monoisotopic (exact) mass is 275 g/mol. The van der Waals surface area contributed by atoms with E-state index in [4.69, 9.17) is 6.48 Å². The Morgan fingerprint density at radius 1 is 1.32 bits per heavy atom. The molecule has 1 aromatic rings. The molecule has 0 unspecified atom stereocenters. The highest BCUT2D eigenvalue weighted by molar-refractivity contribution is 6.90. The van der Waals surface area contributed by atoms with E-state index in [-0.39, 0.29) is 12.6 Å². The Kier molecular flexibility index (Phi) is 4.52. The minimum Gasteiger partial charge on any atom is -0.396 e. The quantitative estimate of drug-likeness (QED) is 0.641. The molecule has 0 heterocycles. The van der Waals surface area contributed by atoms with Gasteiger partial charge in [0.1, 0.15) is 0 Å². The molecule has 1 aliphatic rings. The highest BCUT2D eigenvalue weighted by Gasteiger charge is 2.26. The first-order valence-electron chi connectivity index (χ1n) is 7.91. The molecule has 19 heavy (non-hydrogen) atoms. The zero-order valence-electron chi connectivity index (χ0n) is 13.1. The molecule has 2 atom stereocenters. The van der Waals surface area contributed by atoms with Crippen LogP contribution in [-0.4, -0.2) is 19.8 Å². The van der Waals surface area contributed by atoms with Crippen LogP contribution in [0.4, 0.5) is 0 Å². The van der Waals surface area contributed by atoms with Gasteiger partial charge in [0.15, 0.2) is 0 Å². The maximum Gasteiger partial charge on any atom is 0.0845 e. The second-order valence-corrected chi connectivity index (χ2v) is 10.5. The maximum absolute atomic E-state index is 9.12. The third-order valence-corrected chi connectivity index (χ3v) is 7.02. The van der Waals surface area contributed by atoms with Crippen molar-refractivity contribution in [2.45, 2.75) is 44.8 Å². The summed E-state index contributed by atoms with van der Waals surface area (Å²) in [6.07, 6.45) is 6.44. The van der Waals surface area contributed by atoms with Crippen LogP contribution in [0.25, 0.3) is 0 Å². The van der Waals surface area contributed by atoms with Crippen molar-refractivity contribution in [3.8, 4) is 0 Å². The fraction of sp³-hybridized carbons (Fsp3) is 0.529. The number of aliphatic hydroxyl groups is 1.